The van der Waals surface area contributed by atoms with Crippen LogP contribution in [0.2, 0.25) is 0 Å². The number of carbonyl (C=O) groups excluding carboxylic acids is 1. The van der Waals surface area contributed by atoms with Gasteiger partial charge in [0.05, 0.1) is 22.6 Å². The molecule has 1 aromatic heterocycles. The van der Waals surface area contributed by atoms with E-state index >= 15 is 0 Å². The maximum atomic E-state index is 12.6. The van der Waals surface area contributed by atoms with E-state index in [9.17, 15) is 31.2 Å². The summed E-state index contributed by atoms with van der Waals surface area (Å²) in [4.78, 5) is 23.5. The fraction of sp³-hybridized carbons (Fsp3) is 0.538. The van der Waals surface area contributed by atoms with Crippen molar-refractivity contribution in [3.8, 4) is 0 Å². The Labute approximate surface area is 130 Å². The van der Waals surface area contributed by atoms with Crippen molar-refractivity contribution in [3.63, 3.8) is 0 Å². The van der Waals surface area contributed by atoms with Gasteiger partial charge in [-0.1, -0.05) is 0 Å². The Balaban J connectivity index is 2.14. The Bertz CT molecular complexity index is 785. The highest BCUT2D eigenvalue weighted by Gasteiger charge is 2.39. The Morgan fingerprint density at radius 2 is 2.04 bits per heavy atom. The summed E-state index contributed by atoms with van der Waals surface area (Å²) in [5.41, 5.74) is -2.77. The van der Waals surface area contributed by atoms with Crippen molar-refractivity contribution in [2.24, 2.45) is 0 Å². The number of halogens is 3. The molecule has 0 aliphatic carbocycles. The Morgan fingerprint density at radius 1 is 1.39 bits per heavy atom. The molecule has 10 heteroatoms. The van der Waals surface area contributed by atoms with Crippen molar-refractivity contribution < 1.29 is 26.4 Å². The molecule has 0 bridgehead atoms. The van der Waals surface area contributed by atoms with Crippen LogP contribution in [0.3, 0.4) is 0 Å². The minimum atomic E-state index is -4.63. The molecule has 0 saturated carbocycles. The van der Waals surface area contributed by atoms with E-state index in [1.165, 1.54) is 0 Å². The van der Waals surface area contributed by atoms with Gasteiger partial charge in [0.15, 0.2) is 9.84 Å². The van der Waals surface area contributed by atoms with E-state index in [1.54, 1.807) is 6.92 Å². The first-order valence-electron chi connectivity index (χ1n) is 6.69. The summed E-state index contributed by atoms with van der Waals surface area (Å²) in [5.74, 6) is -1.01. The number of amides is 1. The van der Waals surface area contributed by atoms with Gasteiger partial charge in [0, 0.05) is 12.3 Å². The van der Waals surface area contributed by atoms with Crippen molar-refractivity contribution in [3.05, 3.63) is 34.2 Å². The average Bonchev–Trinajstić information content (AvgIpc) is 2.64. The molecule has 1 aliphatic rings. The monoisotopic (exact) mass is 352 g/mol. The van der Waals surface area contributed by atoms with Gasteiger partial charge in [-0.2, -0.15) is 13.2 Å². The zero-order valence-corrected chi connectivity index (χ0v) is 13.0. The van der Waals surface area contributed by atoms with Crippen LogP contribution in [-0.2, 0) is 27.4 Å². The van der Waals surface area contributed by atoms with Crippen LogP contribution in [-0.4, -0.2) is 35.9 Å². The molecule has 0 radical (unpaired) electrons. The summed E-state index contributed by atoms with van der Waals surface area (Å²) in [6, 6.07) is 1.37. The molecule has 0 spiro atoms. The highest BCUT2D eigenvalue weighted by atomic mass is 32.2. The number of pyridine rings is 1. The van der Waals surface area contributed by atoms with Crippen LogP contribution in [0, 0.1) is 0 Å². The molecular formula is C13H15F3N2O4S. The predicted octanol–water partition coefficient (Wildman–Crippen LogP) is 0.560. The van der Waals surface area contributed by atoms with Crippen LogP contribution in [0.1, 0.15) is 18.9 Å². The minimum absolute atomic E-state index is 0.0622. The highest BCUT2D eigenvalue weighted by Crippen LogP contribution is 2.28. The van der Waals surface area contributed by atoms with Gasteiger partial charge >= 0.3 is 6.18 Å². The summed E-state index contributed by atoms with van der Waals surface area (Å²) in [7, 11) is -3.24. The second-order valence-electron chi connectivity index (χ2n) is 5.83. The van der Waals surface area contributed by atoms with Gasteiger partial charge in [-0.25, -0.2) is 8.42 Å². The number of hydrogen-bond acceptors (Lipinski definition) is 4. The van der Waals surface area contributed by atoms with E-state index in [2.05, 4.69) is 5.32 Å². The zero-order valence-electron chi connectivity index (χ0n) is 12.2. The molecule has 0 aromatic carbocycles. The standard InChI is InChI=1S/C13H15F3N2O4S/c1-12(4-5-23(21,22)8-12)17-10(19)7-18-6-9(13(14,15)16)2-3-11(18)20/h2-3,6H,4-5,7-8H2,1H3,(H,17,19)/t12-/m0/s1. The first kappa shape index (κ1) is 17.5. The third kappa shape index (κ3) is 4.34. The van der Waals surface area contributed by atoms with Gasteiger partial charge in [-0.15, -0.1) is 0 Å². The third-order valence-corrected chi connectivity index (χ3v) is 5.47. The van der Waals surface area contributed by atoms with Gasteiger partial charge < -0.3 is 9.88 Å². The number of hydrogen-bond donors (Lipinski definition) is 1. The topological polar surface area (TPSA) is 85.2 Å². The van der Waals surface area contributed by atoms with Crippen molar-refractivity contribution >= 4 is 15.7 Å². The van der Waals surface area contributed by atoms with E-state index in [1.807, 2.05) is 0 Å². The molecule has 1 fully saturated rings. The van der Waals surface area contributed by atoms with Crippen LogP contribution < -0.4 is 10.9 Å². The summed E-state index contributed by atoms with van der Waals surface area (Å²) < 4.78 is 61.5. The van der Waals surface area contributed by atoms with Crippen molar-refractivity contribution in [2.75, 3.05) is 11.5 Å². The van der Waals surface area contributed by atoms with E-state index in [4.69, 9.17) is 0 Å². The first-order valence-corrected chi connectivity index (χ1v) is 8.52. The maximum Gasteiger partial charge on any atom is 0.417 e. The van der Waals surface area contributed by atoms with Gasteiger partial charge in [0.25, 0.3) is 5.56 Å². The minimum Gasteiger partial charge on any atom is -0.348 e. The average molecular weight is 352 g/mol. The van der Waals surface area contributed by atoms with E-state index in [0.717, 1.165) is 6.07 Å². The molecule has 1 N–H and O–H groups in total. The van der Waals surface area contributed by atoms with Gasteiger partial charge in [0.1, 0.15) is 6.54 Å². The first-order chi connectivity index (χ1) is 10.4. The molecule has 0 unspecified atom stereocenters. The fourth-order valence-corrected chi connectivity index (χ4v) is 4.56. The lowest BCUT2D eigenvalue weighted by atomic mass is 10.0. The summed E-state index contributed by atoms with van der Waals surface area (Å²) in [6.45, 7) is 0.933. The molecule has 2 rings (SSSR count). The summed E-state index contributed by atoms with van der Waals surface area (Å²) >= 11 is 0. The van der Waals surface area contributed by atoms with Crippen LogP contribution in [0.15, 0.2) is 23.1 Å². The quantitative estimate of drug-likeness (QED) is 0.861. The molecule has 1 amide bonds. The second-order valence-corrected chi connectivity index (χ2v) is 8.02. The smallest absolute Gasteiger partial charge is 0.348 e. The Morgan fingerprint density at radius 3 is 2.57 bits per heavy atom. The van der Waals surface area contributed by atoms with Crippen molar-refractivity contribution in [1.82, 2.24) is 9.88 Å². The van der Waals surface area contributed by atoms with Crippen LogP contribution in [0.4, 0.5) is 13.2 Å². The van der Waals surface area contributed by atoms with Gasteiger partial charge in [-0.3, -0.25) is 9.59 Å². The van der Waals surface area contributed by atoms with E-state index in [0.29, 0.717) is 16.8 Å². The predicted molar refractivity (Wildman–Crippen MR) is 75.5 cm³/mol. The number of carbonyl (C=O) groups is 1. The molecule has 1 aliphatic heterocycles. The van der Waals surface area contributed by atoms with Gasteiger partial charge in [0.2, 0.25) is 5.91 Å². The molecule has 2 heterocycles. The fourth-order valence-electron chi connectivity index (χ4n) is 2.46. The van der Waals surface area contributed by atoms with Crippen molar-refractivity contribution in [2.45, 2.75) is 31.6 Å². The molecule has 1 saturated heterocycles. The van der Waals surface area contributed by atoms with Crippen molar-refractivity contribution in [1.29, 1.82) is 0 Å². The largest absolute Gasteiger partial charge is 0.417 e. The number of aromatic nitrogens is 1. The lowest BCUT2D eigenvalue weighted by molar-refractivity contribution is -0.138. The number of rotatable bonds is 3. The Hall–Kier alpha value is -1.84. The normalized spacial score (nSPS) is 23.7. The number of nitrogens with zero attached hydrogens (tertiary/aromatic N) is 1. The molecule has 1 aromatic rings. The molecule has 1 atom stereocenters. The molecule has 6 nitrogen and oxygen atoms in total. The second kappa shape index (κ2) is 5.66. The highest BCUT2D eigenvalue weighted by molar-refractivity contribution is 7.91. The lowest BCUT2D eigenvalue weighted by Crippen LogP contribution is -2.48. The van der Waals surface area contributed by atoms with E-state index < -0.39 is 45.1 Å². The molecule has 128 valence electrons. The third-order valence-electron chi connectivity index (χ3n) is 3.57. The Kier molecular flexibility index (Phi) is 4.31. The SMILES string of the molecule is C[C@]1(NC(=O)Cn2cc(C(F)(F)F)ccc2=O)CCS(=O)(=O)C1. The van der Waals surface area contributed by atoms with Crippen LogP contribution in [0.5, 0.6) is 0 Å². The molecule has 23 heavy (non-hydrogen) atoms. The summed E-state index contributed by atoms with van der Waals surface area (Å²) in [5, 5.41) is 2.49. The lowest BCUT2D eigenvalue weighted by Gasteiger charge is -2.24. The molecular weight excluding hydrogens is 337 g/mol. The van der Waals surface area contributed by atoms with Gasteiger partial charge in [-0.05, 0) is 19.4 Å². The summed E-state index contributed by atoms with van der Waals surface area (Å²) in [6.07, 6.45) is -3.84. The van der Waals surface area contributed by atoms with E-state index in [-0.39, 0.29) is 17.9 Å². The van der Waals surface area contributed by atoms with Crippen LogP contribution in [0.25, 0.3) is 0 Å². The number of nitrogens with one attached hydrogen (secondary N) is 1. The number of sulfone groups is 1. The maximum absolute atomic E-state index is 12.6. The number of alkyl halides is 3. The van der Waals surface area contributed by atoms with Crippen LogP contribution >= 0.6 is 0 Å². The zero-order chi connectivity index (χ0) is 17.5.